The van der Waals surface area contributed by atoms with Crippen molar-refractivity contribution in [2.45, 2.75) is 38.5 Å². The van der Waals surface area contributed by atoms with E-state index >= 15 is 0 Å². The highest BCUT2D eigenvalue weighted by molar-refractivity contribution is 5.91. The van der Waals surface area contributed by atoms with E-state index in [1.807, 2.05) is 41.1 Å². The van der Waals surface area contributed by atoms with Gasteiger partial charge in [0.1, 0.15) is 5.82 Å². The highest BCUT2D eigenvalue weighted by Crippen LogP contribution is 2.40. The zero-order valence-corrected chi connectivity index (χ0v) is 14.8. The molecule has 2 heterocycles. The number of amides is 1. The lowest BCUT2D eigenvalue weighted by molar-refractivity contribution is -0.117. The fourth-order valence-electron chi connectivity index (χ4n) is 3.65. The molecule has 2 fully saturated rings. The maximum Gasteiger partial charge on any atom is 0.239 e. The van der Waals surface area contributed by atoms with Crippen LogP contribution in [0.3, 0.4) is 0 Å². The van der Waals surface area contributed by atoms with Crippen LogP contribution in [0.2, 0.25) is 0 Å². The van der Waals surface area contributed by atoms with E-state index in [1.54, 1.807) is 0 Å². The number of hydrogen-bond acceptors (Lipinski definition) is 3. The van der Waals surface area contributed by atoms with Crippen LogP contribution in [0.4, 0.5) is 5.82 Å². The largest absolute Gasteiger partial charge is 0.309 e. The van der Waals surface area contributed by atoms with Gasteiger partial charge in [-0.1, -0.05) is 25.1 Å². The van der Waals surface area contributed by atoms with Crippen molar-refractivity contribution in [1.82, 2.24) is 14.7 Å². The zero-order chi connectivity index (χ0) is 17.2. The van der Waals surface area contributed by atoms with E-state index < -0.39 is 0 Å². The summed E-state index contributed by atoms with van der Waals surface area (Å²) in [5.41, 5.74) is 2.07. The number of carbonyl (C=O) groups excluding carboxylic acids is 1. The van der Waals surface area contributed by atoms with Gasteiger partial charge in [0, 0.05) is 18.5 Å². The van der Waals surface area contributed by atoms with Crippen LogP contribution >= 0.6 is 0 Å². The molecule has 1 aromatic carbocycles. The molecule has 1 N–H and O–H groups in total. The van der Waals surface area contributed by atoms with Gasteiger partial charge in [0.2, 0.25) is 5.91 Å². The normalized spacial score (nSPS) is 21.2. The molecule has 2 aliphatic rings. The monoisotopic (exact) mass is 338 g/mol. The first-order chi connectivity index (χ1) is 12.2. The summed E-state index contributed by atoms with van der Waals surface area (Å²) in [6.07, 6.45) is 4.85. The van der Waals surface area contributed by atoms with E-state index in [9.17, 15) is 4.79 Å². The maximum atomic E-state index is 12.6. The van der Waals surface area contributed by atoms with E-state index in [0.29, 0.717) is 18.4 Å². The van der Waals surface area contributed by atoms with Crippen LogP contribution in [0.1, 0.15) is 44.2 Å². The van der Waals surface area contributed by atoms with Crippen LogP contribution in [-0.2, 0) is 4.79 Å². The summed E-state index contributed by atoms with van der Waals surface area (Å²) >= 11 is 0. The quantitative estimate of drug-likeness (QED) is 0.909. The van der Waals surface area contributed by atoms with E-state index in [1.165, 1.54) is 25.7 Å². The minimum absolute atomic E-state index is 0.0496. The Morgan fingerprint density at radius 2 is 2.04 bits per heavy atom. The molecular formula is C20H26N4O. The standard InChI is InChI=1S/C20H26N4O/c1-15-6-5-11-23(13-15)14-20(25)21-19-12-18(16-9-10-16)22-24(19)17-7-3-2-4-8-17/h2-4,7-8,12,15-16H,5-6,9-11,13-14H2,1H3,(H,21,25)/t15-/m0/s1. The molecule has 1 amide bonds. The van der Waals surface area contributed by atoms with Crippen LogP contribution in [0, 0.1) is 5.92 Å². The molecule has 1 aromatic heterocycles. The Morgan fingerprint density at radius 1 is 1.24 bits per heavy atom. The molecule has 1 aliphatic carbocycles. The molecule has 5 heteroatoms. The van der Waals surface area contributed by atoms with Gasteiger partial charge in [-0.2, -0.15) is 5.10 Å². The topological polar surface area (TPSA) is 50.2 Å². The van der Waals surface area contributed by atoms with Crippen molar-refractivity contribution in [2.75, 3.05) is 25.0 Å². The first-order valence-electron chi connectivity index (χ1n) is 9.36. The first kappa shape index (κ1) is 16.3. The zero-order valence-electron chi connectivity index (χ0n) is 14.8. The minimum atomic E-state index is 0.0496. The molecule has 132 valence electrons. The van der Waals surface area contributed by atoms with Crippen molar-refractivity contribution in [3.8, 4) is 5.69 Å². The molecule has 2 aromatic rings. The van der Waals surface area contributed by atoms with E-state index in [4.69, 9.17) is 5.10 Å². The molecule has 0 unspecified atom stereocenters. The number of hydrogen-bond donors (Lipinski definition) is 1. The van der Waals surface area contributed by atoms with Gasteiger partial charge in [-0.25, -0.2) is 4.68 Å². The molecule has 0 bridgehead atoms. The number of piperidine rings is 1. The highest BCUT2D eigenvalue weighted by atomic mass is 16.2. The highest BCUT2D eigenvalue weighted by Gasteiger charge is 2.28. The number of rotatable bonds is 5. The predicted octanol–water partition coefficient (Wildman–Crippen LogP) is 3.42. The predicted molar refractivity (Wildman–Crippen MR) is 99.0 cm³/mol. The molecule has 5 nitrogen and oxygen atoms in total. The van der Waals surface area contributed by atoms with Gasteiger partial charge in [-0.05, 0) is 50.3 Å². The average molecular weight is 338 g/mol. The van der Waals surface area contributed by atoms with Gasteiger partial charge in [0.05, 0.1) is 17.9 Å². The second kappa shape index (κ2) is 7.00. The summed E-state index contributed by atoms with van der Waals surface area (Å²) in [6, 6.07) is 12.1. The summed E-state index contributed by atoms with van der Waals surface area (Å²) in [5.74, 6) is 2.07. The molecule has 1 atom stereocenters. The molecule has 1 saturated carbocycles. The van der Waals surface area contributed by atoms with Gasteiger partial charge >= 0.3 is 0 Å². The van der Waals surface area contributed by atoms with Crippen molar-refractivity contribution >= 4 is 11.7 Å². The van der Waals surface area contributed by atoms with Crippen LogP contribution in [-0.4, -0.2) is 40.2 Å². The summed E-state index contributed by atoms with van der Waals surface area (Å²) in [4.78, 5) is 14.8. The second-order valence-corrected chi connectivity index (χ2v) is 7.51. The maximum absolute atomic E-state index is 12.6. The fraction of sp³-hybridized carbons (Fsp3) is 0.500. The Kier molecular flexibility index (Phi) is 4.57. The van der Waals surface area contributed by atoms with Gasteiger partial charge in [0.25, 0.3) is 0 Å². The molecule has 1 aliphatic heterocycles. The van der Waals surface area contributed by atoms with Crippen LogP contribution in [0.25, 0.3) is 5.69 Å². The van der Waals surface area contributed by atoms with Crippen molar-refractivity contribution in [3.05, 3.63) is 42.1 Å². The number of likely N-dealkylation sites (tertiary alicyclic amines) is 1. The molecule has 4 rings (SSSR count). The average Bonchev–Trinajstić information content (AvgIpc) is 3.37. The third-order valence-electron chi connectivity index (χ3n) is 5.10. The second-order valence-electron chi connectivity index (χ2n) is 7.51. The van der Waals surface area contributed by atoms with E-state index in [0.717, 1.165) is 30.3 Å². The lowest BCUT2D eigenvalue weighted by atomic mass is 10.0. The summed E-state index contributed by atoms with van der Waals surface area (Å²) < 4.78 is 1.87. The Morgan fingerprint density at radius 3 is 2.76 bits per heavy atom. The van der Waals surface area contributed by atoms with Crippen LogP contribution < -0.4 is 5.32 Å². The third kappa shape index (κ3) is 3.93. The minimum Gasteiger partial charge on any atom is -0.309 e. The lowest BCUT2D eigenvalue weighted by Crippen LogP contribution is -2.39. The van der Waals surface area contributed by atoms with Gasteiger partial charge in [0.15, 0.2) is 0 Å². The molecular weight excluding hydrogens is 312 g/mol. The molecule has 25 heavy (non-hydrogen) atoms. The number of nitrogens with zero attached hydrogens (tertiary/aromatic N) is 3. The SMILES string of the molecule is C[C@H]1CCCN(CC(=O)Nc2cc(C3CC3)nn2-c2ccccc2)C1. The van der Waals surface area contributed by atoms with Gasteiger partial charge in [-0.15, -0.1) is 0 Å². The summed E-state index contributed by atoms with van der Waals surface area (Å²) in [5, 5.41) is 7.84. The van der Waals surface area contributed by atoms with Gasteiger partial charge in [-0.3, -0.25) is 9.69 Å². The number of para-hydroxylation sites is 1. The number of benzene rings is 1. The number of aromatic nitrogens is 2. The smallest absolute Gasteiger partial charge is 0.239 e. The summed E-state index contributed by atoms with van der Waals surface area (Å²) in [7, 11) is 0. The molecule has 1 saturated heterocycles. The Bertz CT molecular complexity index is 735. The van der Waals surface area contributed by atoms with Crippen molar-refractivity contribution in [3.63, 3.8) is 0 Å². The van der Waals surface area contributed by atoms with Gasteiger partial charge < -0.3 is 5.32 Å². The molecule has 0 radical (unpaired) electrons. The van der Waals surface area contributed by atoms with Crippen molar-refractivity contribution in [2.24, 2.45) is 5.92 Å². The number of carbonyl (C=O) groups is 1. The number of nitrogens with one attached hydrogen (secondary N) is 1. The Balaban J connectivity index is 1.50. The Labute approximate surface area is 149 Å². The van der Waals surface area contributed by atoms with Crippen LogP contribution in [0.15, 0.2) is 36.4 Å². The fourth-order valence-corrected chi connectivity index (χ4v) is 3.65. The van der Waals surface area contributed by atoms with E-state index in [-0.39, 0.29) is 5.91 Å². The van der Waals surface area contributed by atoms with Crippen molar-refractivity contribution < 1.29 is 4.79 Å². The first-order valence-corrected chi connectivity index (χ1v) is 9.36. The number of anilines is 1. The van der Waals surface area contributed by atoms with Crippen molar-refractivity contribution in [1.29, 1.82) is 0 Å². The summed E-state index contributed by atoms with van der Waals surface area (Å²) in [6.45, 7) is 4.75. The Hall–Kier alpha value is -2.14. The molecule has 0 spiro atoms. The third-order valence-corrected chi connectivity index (χ3v) is 5.10. The lowest BCUT2D eigenvalue weighted by Gasteiger charge is -2.30. The van der Waals surface area contributed by atoms with E-state index in [2.05, 4.69) is 17.1 Å². The van der Waals surface area contributed by atoms with Crippen LogP contribution in [0.5, 0.6) is 0 Å².